The van der Waals surface area contributed by atoms with E-state index in [0.717, 1.165) is 30.2 Å². The molecule has 4 heteroatoms. The van der Waals surface area contributed by atoms with Gasteiger partial charge in [0.25, 0.3) is 0 Å². The second kappa shape index (κ2) is 4.21. The minimum Gasteiger partial charge on any atom is -0.497 e. The summed E-state index contributed by atoms with van der Waals surface area (Å²) in [7, 11) is 3.29. The molecule has 0 aliphatic carbocycles. The van der Waals surface area contributed by atoms with E-state index in [-0.39, 0.29) is 0 Å². The molecule has 0 bridgehead atoms. The van der Waals surface area contributed by atoms with Crippen molar-refractivity contribution in [2.45, 2.75) is 6.42 Å². The number of nitrogens with zero attached hydrogens (tertiary/aromatic N) is 2. The molecule has 0 N–H and O–H groups in total. The van der Waals surface area contributed by atoms with Crippen molar-refractivity contribution in [3.05, 3.63) is 18.2 Å². The lowest BCUT2D eigenvalue weighted by atomic mass is 10.2. The lowest BCUT2D eigenvalue weighted by molar-refractivity contribution is 0.394. The number of hydrazone groups is 1. The molecule has 1 aromatic carbocycles. The molecule has 0 aromatic heterocycles. The summed E-state index contributed by atoms with van der Waals surface area (Å²) in [5.74, 6) is 1.57. The smallest absolute Gasteiger partial charge is 0.124 e. The summed E-state index contributed by atoms with van der Waals surface area (Å²) in [4.78, 5) is 0. The molecule has 4 nitrogen and oxygen atoms in total. The van der Waals surface area contributed by atoms with Crippen LogP contribution in [0.25, 0.3) is 0 Å². The van der Waals surface area contributed by atoms with Crippen LogP contribution < -0.4 is 14.5 Å². The highest BCUT2D eigenvalue weighted by Crippen LogP contribution is 2.29. The fourth-order valence-electron chi connectivity index (χ4n) is 1.53. The minimum atomic E-state index is 0.784. The fraction of sp³-hybridized carbons (Fsp3) is 0.364. The number of rotatable bonds is 3. The average Bonchev–Trinajstić information content (AvgIpc) is 2.81. The van der Waals surface area contributed by atoms with E-state index < -0.39 is 0 Å². The maximum Gasteiger partial charge on any atom is 0.124 e. The van der Waals surface area contributed by atoms with Gasteiger partial charge in [0.1, 0.15) is 11.5 Å². The summed E-state index contributed by atoms with van der Waals surface area (Å²) in [5.41, 5.74) is 1.000. The first-order valence-electron chi connectivity index (χ1n) is 4.86. The van der Waals surface area contributed by atoms with Crippen LogP contribution in [0.5, 0.6) is 11.5 Å². The number of hydrogen-bond donors (Lipinski definition) is 0. The molecule has 0 fully saturated rings. The van der Waals surface area contributed by atoms with Crippen molar-refractivity contribution in [2.24, 2.45) is 5.10 Å². The quantitative estimate of drug-likeness (QED) is 0.757. The van der Waals surface area contributed by atoms with E-state index in [1.807, 2.05) is 29.4 Å². The van der Waals surface area contributed by atoms with Crippen LogP contribution in [0.3, 0.4) is 0 Å². The van der Waals surface area contributed by atoms with Crippen LogP contribution in [0.1, 0.15) is 6.42 Å². The standard InChI is InChI=1S/C11H14N2O2/c1-14-10-6-9(7-11(8-10)15-2)13-5-3-4-12-13/h4,6-8H,3,5H2,1-2H3. The maximum atomic E-state index is 5.20. The Balaban J connectivity index is 2.32. The third kappa shape index (κ3) is 2.03. The Morgan fingerprint density at radius 2 is 1.80 bits per heavy atom. The van der Waals surface area contributed by atoms with Crippen molar-refractivity contribution in [1.82, 2.24) is 0 Å². The van der Waals surface area contributed by atoms with Gasteiger partial charge < -0.3 is 9.47 Å². The normalized spacial score (nSPS) is 14.4. The van der Waals surface area contributed by atoms with E-state index >= 15 is 0 Å². The molecule has 1 heterocycles. The number of ether oxygens (including phenoxy) is 2. The highest BCUT2D eigenvalue weighted by molar-refractivity contribution is 5.66. The molecule has 80 valence electrons. The predicted molar refractivity (Wildman–Crippen MR) is 60.0 cm³/mol. The van der Waals surface area contributed by atoms with Crippen LogP contribution in [0.4, 0.5) is 5.69 Å². The summed E-state index contributed by atoms with van der Waals surface area (Å²) in [6.45, 7) is 0.913. The molecule has 1 aromatic rings. The van der Waals surface area contributed by atoms with Gasteiger partial charge in [-0.25, -0.2) is 0 Å². The predicted octanol–water partition coefficient (Wildman–Crippen LogP) is 1.90. The van der Waals surface area contributed by atoms with Gasteiger partial charge in [0.2, 0.25) is 0 Å². The van der Waals surface area contributed by atoms with E-state index in [1.165, 1.54) is 0 Å². The van der Waals surface area contributed by atoms with Gasteiger partial charge >= 0.3 is 0 Å². The van der Waals surface area contributed by atoms with Crippen LogP contribution in [0.15, 0.2) is 23.3 Å². The highest BCUT2D eigenvalue weighted by atomic mass is 16.5. The first kappa shape index (κ1) is 9.83. The number of anilines is 1. The topological polar surface area (TPSA) is 34.1 Å². The van der Waals surface area contributed by atoms with Gasteiger partial charge in [0.05, 0.1) is 19.9 Å². The monoisotopic (exact) mass is 206 g/mol. The Kier molecular flexibility index (Phi) is 2.76. The van der Waals surface area contributed by atoms with E-state index in [0.29, 0.717) is 0 Å². The average molecular weight is 206 g/mol. The fourth-order valence-corrected chi connectivity index (χ4v) is 1.53. The van der Waals surface area contributed by atoms with Gasteiger partial charge in [-0.15, -0.1) is 0 Å². The first-order chi connectivity index (χ1) is 7.33. The third-order valence-corrected chi connectivity index (χ3v) is 2.33. The molecule has 0 unspecified atom stereocenters. The maximum absolute atomic E-state index is 5.20. The third-order valence-electron chi connectivity index (χ3n) is 2.33. The molecule has 0 saturated heterocycles. The lowest BCUT2D eigenvalue weighted by Gasteiger charge is -2.15. The summed E-state index contributed by atoms with van der Waals surface area (Å²) in [6.07, 6.45) is 2.89. The molecule has 0 radical (unpaired) electrons. The molecule has 0 atom stereocenters. The molecule has 2 rings (SSSR count). The van der Waals surface area contributed by atoms with Crippen molar-refractivity contribution in [2.75, 3.05) is 25.8 Å². The molecule has 0 amide bonds. The van der Waals surface area contributed by atoms with Crippen molar-refractivity contribution in [3.8, 4) is 11.5 Å². The largest absolute Gasteiger partial charge is 0.497 e. The van der Waals surface area contributed by atoms with Gasteiger partial charge in [-0.05, 0) is 0 Å². The Morgan fingerprint density at radius 3 is 2.27 bits per heavy atom. The van der Waals surface area contributed by atoms with Crippen LogP contribution in [-0.4, -0.2) is 27.0 Å². The van der Waals surface area contributed by atoms with Gasteiger partial charge in [-0.3, -0.25) is 5.01 Å². The Hall–Kier alpha value is -1.71. The van der Waals surface area contributed by atoms with Crippen LogP contribution in [-0.2, 0) is 0 Å². The van der Waals surface area contributed by atoms with Gasteiger partial charge in [0, 0.05) is 37.4 Å². The van der Waals surface area contributed by atoms with E-state index in [9.17, 15) is 0 Å². The Morgan fingerprint density at radius 1 is 1.13 bits per heavy atom. The zero-order valence-corrected chi connectivity index (χ0v) is 8.93. The SMILES string of the molecule is COc1cc(OC)cc(N2CCC=N2)c1. The molecule has 15 heavy (non-hydrogen) atoms. The van der Waals surface area contributed by atoms with Crippen molar-refractivity contribution in [3.63, 3.8) is 0 Å². The van der Waals surface area contributed by atoms with Gasteiger partial charge in [-0.2, -0.15) is 5.10 Å². The van der Waals surface area contributed by atoms with Crippen LogP contribution in [0, 0.1) is 0 Å². The van der Waals surface area contributed by atoms with Crippen molar-refractivity contribution < 1.29 is 9.47 Å². The van der Waals surface area contributed by atoms with E-state index in [2.05, 4.69) is 5.10 Å². The summed E-state index contributed by atoms with van der Waals surface area (Å²) < 4.78 is 10.4. The number of hydrogen-bond acceptors (Lipinski definition) is 4. The second-order valence-corrected chi connectivity index (χ2v) is 3.28. The van der Waals surface area contributed by atoms with Crippen LogP contribution in [0.2, 0.25) is 0 Å². The Labute approximate surface area is 89.1 Å². The first-order valence-corrected chi connectivity index (χ1v) is 4.86. The van der Waals surface area contributed by atoms with Crippen molar-refractivity contribution in [1.29, 1.82) is 0 Å². The molecule has 0 saturated carbocycles. The second-order valence-electron chi connectivity index (χ2n) is 3.28. The molecule has 1 aliphatic rings. The van der Waals surface area contributed by atoms with Crippen molar-refractivity contribution >= 4 is 11.9 Å². The molecule has 1 aliphatic heterocycles. The zero-order chi connectivity index (χ0) is 10.7. The Bertz CT molecular complexity index is 355. The lowest BCUT2D eigenvalue weighted by Crippen LogP contribution is -2.11. The summed E-state index contributed by atoms with van der Waals surface area (Å²) in [5, 5.41) is 6.19. The zero-order valence-electron chi connectivity index (χ0n) is 8.93. The number of benzene rings is 1. The molecular formula is C11H14N2O2. The summed E-state index contributed by atoms with van der Waals surface area (Å²) >= 11 is 0. The van der Waals surface area contributed by atoms with Gasteiger partial charge in [-0.1, -0.05) is 0 Å². The molecular weight excluding hydrogens is 192 g/mol. The summed E-state index contributed by atoms with van der Waals surface area (Å²) in [6, 6.07) is 5.75. The highest BCUT2D eigenvalue weighted by Gasteiger charge is 2.11. The van der Waals surface area contributed by atoms with E-state index in [1.54, 1.807) is 14.2 Å². The van der Waals surface area contributed by atoms with E-state index in [4.69, 9.17) is 9.47 Å². The van der Waals surface area contributed by atoms with Gasteiger partial charge in [0.15, 0.2) is 0 Å². The number of methoxy groups -OCH3 is 2. The minimum absolute atomic E-state index is 0.784. The van der Waals surface area contributed by atoms with Crippen LogP contribution >= 0.6 is 0 Å². The molecule has 0 spiro atoms.